The van der Waals surface area contributed by atoms with Gasteiger partial charge in [-0.25, -0.2) is 0 Å². The molecule has 2 heteroatoms. The first-order chi connectivity index (χ1) is 9.43. The van der Waals surface area contributed by atoms with Gasteiger partial charge in [0.2, 0.25) is 0 Å². The second kappa shape index (κ2) is 6.66. The number of pyridine rings is 1. The fraction of sp³-hybridized carbons (Fsp3) is 0.588. The molecule has 0 saturated heterocycles. The van der Waals surface area contributed by atoms with E-state index < -0.39 is 0 Å². The minimum absolute atomic E-state index is 0.0929. The van der Waals surface area contributed by atoms with Gasteiger partial charge in [-0.2, -0.15) is 0 Å². The molecule has 0 radical (unpaired) electrons. The molecule has 0 spiro atoms. The van der Waals surface area contributed by atoms with E-state index in [1.54, 1.807) is 0 Å². The lowest BCUT2D eigenvalue weighted by Gasteiger charge is -2.27. The van der Waals surface area contributed by atoms with Gasteiger partial charge in [0, 0.05) is 6.20 Å². The van der Waals surface area contributed by atoms with Crippen LogP contribution >= 0.6 is 7.92 Å². The van der Waals surface area contributed by atoms with Gasteiger partial charge in [-0.05, 0) is 55.2 Å². The molecule has 3 rings (SSSR count). The molecular formula is C17H24NP. The van der Waals surface area contributed by atoms with Gasteiger partial charge in [-0.15, -0.1) is 0 Å². The summed E-state index contributed by atoms with van der Waals surface area (Å²) in [6.45, 7) is 0. The minimum Gasteiger partial charge on any atom is -0.257 e. The van der Waals surface area contributed by atoms with Gasteiger partial charge >= 0.3 is 0 Å². The molecule has 0 atom stereocenters. The molecule has 1 nitrogen and oxygen atoms in total. The summed E-state index contributed by atoms with van der Waals surface area (Å²) >= 11 is 0. The summed E-state index contributed by atoms with van der Waals surface area (Å²) in [5, 5.41) is 0. The first-order valence-electron chi connectivity index (χ1n) is 7.80. The van der Waals surface area contributed by atoms with Crippen molar-refractivity contribution in [2.24, 2.45) is 0 Å². The lowest BCUT2D eigenvalue weighted by molar-refractivity contribution is 0.835. The van der Waals surface area contributed by atoms with Crippen molar-refractivity contribution < 1.29 is 0 Å². The highest BCUT2D eigenvalue weighted by atomic mass is 31.1. The van der Waals surface area contributed by atoms with Gasteiger partial charge in [0.15, 0.2) is 0 Å². The SMILES string of the molecule is C(=CP(C1CCCC1)C1CCCC1)c1ccccn1. The topological polar surface area (TPSA) is 12.9 Å². The zero-order valence-electron chi connectivity index (χ0n) is 11.7. The Labute approximate surface area is 118 Å². The first-order valence-corrected chi connectivity index (χ1v) is 9.35. The van der Waals surface area contributed by atoms with E-state index in [0.717, 1.165) is 17.0 Å². The van der Waals surface area contributed by atoms with Gasteiger partial charge in [-0.3, -0.25) is 4.98 Å². The van der Waals surface area contributed by atoms with Crippen LogP contribution in [0.3, 0.4) is 0 Å². The van der Waals surface area contributed by atoms with Crippen LogP contribution in [0.4, 0.5) is 0 Å². The molecule has 0 unspecified atom stereocenters. The largest absolute Gasteiger partial charge is 0.257 e. The van der Waals surface area contributed by atoms with Crippen molar-refractivity contribution >= 4 is 14.0 Å². The van der Waals surface area contributed by atoms with Gasteiger partial charge in [-0.1, -0.05) is 45.5 Å². The number of nitrogens with zero attached hydrogens (tertiary/aromatic N) is 1. The molecule has 2 fully saturated rings. The summed E-state index contributed by atoms with van der Waals surface area (Å²) in [5.74, 6) is 2.56. The number of hydrogen-bond donors (Lipinski definition) is 0. The van der Waals surface area contributed by atoms with Crippen LogP contribution in [0.1, 0.15) is 57.1 Å². The number of rotatable bonds is 4. The molecule has 0 amide bonds. The second-order valence-corrected chi connectivity index (χ2v) is 8.55. The zero-order chi connectivity index (χ0) is 12.9. The van der Waals surface area contributed by atoms with Gasteiger partial charge in [0.05, 0.1) is 5.69 Å². The highest BCUT2D eigenvalue weighted by Crippen LogP contribution is 2.58. The lowest BCUT2D eigenvalue weighted by atomic mass is 10.3. The summed E-state index contributed by atoms with van der Waals surface area (Å²) in [6, 6.07) is 6.20. The molecule has 19 heavy (non-hydrogen) atoms. The molecule has 2 aliphatic carbocycles. The molecule has 1 aromatic rings. The fourth-order valence-corrected chi connectivity index (χ4v) is 6.91. The van der Waals surface area contributed by atoms with Crippen LogP contribution in [0.2, 0.25) is 0 Å². The monoisotopic (exact) mass is 273 g/mol. The summed E-state index contributed by atoms with van der Waals surface area (Å²) in [4.78, 5) is 4.43. The Hall–Kier alpha value is -0.680. The standard InChI is InChI=1S/C17H24NP/c1-2-9-16(8-1)19(17-10-3-4-11-17)14-12-15-7-5-6-13-18-15/h5-7,12-14,16-17H,1-4,8-11H2. The van der Waals surface area contributed by atoms with E-state index >= 15 is 0 Å². The van der Waals surface area contributed by atoms with Crippen molar-refractivity contribution in [3.05, 3.63) is 35.9 Å². The van der Waals surface area contributed by atoms with E-state index in [1.807, 2.05) is 12.3 Å². The molecule has 1 heterocycles. The predicted molar refractivity (Wildman–Crippen MR) is 84.7 cm³/mol. The molecule has 0 aromatic carbocycles. The van der Waals surface area contributed by atoms with Crippen molar-refractivity contribution in [2.45, 2.75) is 62.7 Å². The lowest BCUT2D eigenvalue weighted by Crippen LogP contribution is -2.08. The third kappa shape index (κ3) is 3.45. The summed E-state index contributed by atoms with van der Waals surface area (Å²) < 4.78 is 0. The Morgan fingerprint density at radius 3 is 2.11 bits per heavy atom. The Morgan fingerprint density at radius 2 is 1.58 bits per heavy atom. The minimum atomic E-state index is 0.0929. The zero-order valence-corrected chi connectivity index (χ0v) is 12.6. The quantitative estimate of drug-likeness (QED) is 0.667. The average Bonchev–Trinajstić information content (AvgIpc) is 3.13. The van der Waals surface area contributed by atoms with E-state index in [4.69, 9.17) is 0 Å². The van der Waals surface area contributed by atoms with Crippen LogP contribution in [-0.4, -0.2) is 16.3 Å². The van der Waals surface area contributed by atoms with Crippen LogP contribution in [0.25, 0.3) is 6.08 Å². The highest BCUT2D eigenvalue weighted by Gasteiger charge is 2.30. The third-order valence-electron chi connectivity index (χ3n) is 4.60. The van der Waals surface area contributed by atoms with Crippen molar-refractivity contribution in [1.82, 2.24) is 4.98 Å². The summed E-state index contributed by atoms with van der Waals surface area (Å²) in [7, 11) is 0.0929. The summed E-state index contributed by atoms with van der Waals surface area (Å²) in [6.07, 6.45) is 16.0. The third-order valence-corrected chi connectivity index (χ3v) is 7.81. The van der Waals surface area contributed by atoms with Crippen LogP contribution in [0, 0.1) is 0 Å². The molecule has 0 N–H and O–H groups in total. The van der Waals surface area contributed by atoms with E-state index in [1.165, 1.54) is 51.4 Å². The number of aromatic nitrogens is 1. The Kier molecular flexibility index (Phi) is 4.66. The highest BCUT2D eigenvalue weighted by molar-refractivity contribution is 7.62. The smallest absolute Gasteiger partial charge is 0.0630 e. The van der Waals surface area contributed by atoms with Crippen molar-refractivity contribution in [3.8, 4) is 0 Å². The second-order valence-electron chi connectivity index (χ2n) is 5.89. The summed E-state index contributed by atoms with van der Waals surface area (Å²) in [5.41, 5.74) is 3.15. The first kappa shape index (κ1) is 13.3. The maximum Gasteiger partial charge on any atom is 0.0630 e. The molecule has 0 aliphatic heterocycles. The number of hydrogen-bond acceptors (Lipinski definition) is 1. The van der Waals surface area contributed by atoms with Crippen LogP contribution in [-0.2, 0) is 0 Å². The van der Waals surface area contributed by atoms with E-state index in [-0.39, 0.29) is 7.92 Å². The Morgan fingerprint density at radius 1 is 0.947 bits per heavy atom. The fourth-order valence-electron chi connectivity index (χ4n) is 3.58. The molecule has 2 aliphatic rings. The van der Waals surface area contributed by atoms with Gasteiger partial charge in [0.25, 0.3) is 0 Å². The van der Waals surface area contributed by atoms with Crippen molar-refractivity contribution in [3.63, 3.8) is 0 Å². The molecule has 2 saturated carbocycles. The average molecular weight is 273 g/mol. The van der Waals surface area contributed by atoms with Gasteiger partial charge < -0.3 is 0 Å². The van der Waals surface area contributed by atoms with E-state index in [2.05, 4.69) is 29.0 Å². The maximum atomic E-state index is 4.43. The predicted octanol–water partition coefficient (Wildman–Crippen LogP) is 5.42. The van der Waals surface area contributed by atoms with Crippen LogP contribution < -0.4 is 0 Å². The van der Waals surface area contributed by atoms with E-state index in [9.17, 15) is 0 Å². The molecule has 1 aromatic heterocycles. The molecule has 0 bridgehead atoms. The van der Waals surface area contributed by atoms with Crippen LogP contribution in [0.15, 0.2) is 30.2 Å². The molecular weight excluding hydrogens is 249 g/mol. The Bertz CT molecular complexity index is 387. The van der Waals surface area contributed by atoms with E-state index in [0.29, 0.717) is 0 Å². The Balaban J connectivity index is 1.72. The maximum absolute atomic E-state index is 4.43. The van der Waals surface area contributed by atoms with Crippen molar-refractivity contribution in [1.29, 1.82) is 0 Å². The molecule has 102 valence electrons. The van der Waals surface area contributed by atoms with Crippen LogP contribution in [0.5, 0.6) is 0 Å². The van der Waals surface area contributed by atoms with Crippen molar-refractivity contribution in [2.75, 3.05) is 0 Å². The normalized spacial score (nSPS) is 21.9. The van der Waals surface area contributed by atoms with Gasteiger partial charge in [0.1, 0.15) is 0 Å².